The highest BCUT2D eigenvalue weighted by molar-refractivity contribution is 5.06. The molecule has 1 unspecified atom stereocenters. The van der Waals surface area contributed by atoms with E-state index in [0.29, 0.717) is 0 Å². The van der Waals surface area contributed by atoms with Gasteiger partial charge in [-0.1, -0.05) is 6.58 Å². The van der Waals surface area contributed by atoms with Crippen molar-refractivity contribution in [3.8, 4) is 0 Å². The molecule has 0 amide bonds. The van der Waals surface area contributed by atoms with Crippen LogP contribution in [0.15, 0.2) is 12.4 Å². The van der Waals surface area contributed by atoms with Crippen LogP contribution in [0.3, 0.4) is 0 Å². The summed E-state index contributed by atoms with van der Waals surface area (Å²) in [5.41, 5.74) is 0. The molecule has 0 N–H and O–H groups in total. The van der Waals surface area contributed by atoms with Gasteiger partial charge in [0.25, 0.3) is 0 Å². The Balaban J connectivity index is 2.17. The zero-order valence-corrected chi connectivity index (χ0v) is 7.21. The Bertz CT molecular complexity index is 176. The van der Waals surface area contributed by atoms with E-state index in [1.165, 1.54) is 31.8 Å². The smallest absolute Gasteiger partial charge is 0.0968 e. The van der Waals surface area contributed by atoms with E-state index in [2.05, 4.69) is 23.3 Å². The van der Waals surface area contributed by atoms with Crippen molar-refractivity contribution in [1.82, 2.24) is 9.80 Å². The van der Waals surface area contributed by atoms with Crippen LogP contribution in [0.1, 0.15) is 19.8 Å². The van der Waals surface area contributed by atoms with Crippen molar-refractivity contribution in [3.63, 3.8) is 0 Å². The molecule has 2 nitrogen and oxygen atoms in total. The van der Waals surface area contributed by atoms with Crippen molar-refractivity contribution in [3.05, 3.63) is 12.4 Å². The van der Waals surface area contributed by atoms with Crippen LogP contribution in [0, 0.1) is 0 Å². The van der Waals surface area contributed by atoms with Crippen molar-refractivity contribution >= 4 is 0 Å². The predicted molar refractivity (Wildman–Crippen MR) is 46.1 cm³/mol. The summed E-state index contributed by atoms with van der Waals surface area (Å²) in [5.74, 6) is 1.26. The molecular weight excluding hydrogens is 136 g/mol. The second kappa shape index (κ2) is 2.43. The van der Waals surface area contributed by atoms with Crippen LogP contribution < -0.4 is 0 Å². The first-order chi connectivity index (χ1) is 5.33. The van der Waals surface area contributed by atoms with E-state index in [0.717, 1.165) is 12.6 Å². The van der Waals surface area contributed by atoms with Gasteiger partial charge in [-0.05, 0) is 19.8 Å². The highest BCUT2D eigenvalue weighted by atomic mass is 15.4. The number of hydrogen-bond acceptors (Lipinski definition) is 2. The highest BCUT2D eigenvalue weighted by Gasteiger charge is 2.34. The fourth-order valence-electron chi connectivity index (χ4n) is 2.28. The molecule has 1 atom stereocenters. The van der Waals surface area contributed by atoms with Crippen molar-refractivity contribution < 1.29 is 0 Å². The zero-order chi connectivity index (χ0) is 7.84. The van der Waals surface area contributed by atoms with E-state index in [4.69, 9.17) is 0 Å². The molecule has 0 saturated carbocycles. The van der Waals surface area contributed by atoms with Gasteiger partial charge in [-0.15, -0.1) is 0 Å². The Morgan fingerprint density at radius 2 is 2.45 bits per heavy atom. The first-order valence-corrected chi connectivity index (χ1v) is 4.53. The normalized spacial score (nSPS) is 29.9. The Labute approximate surface area is 68.5 Å². The summed E-state index contributed by atoms with van der Waals surface area (Å²) in [6, 6.07) is 0.779. The van der Waals surface area contributed by atoms with Gasteiger partial charge in [0.15, 0.2) is 0 Å². The highest BCUT2D eigenvalue weighted by Crippen LogP contribution is 2.29. The standard InChI is InChI=1S/C9H16N2/c1-3-11-8(2)10-6-4-5-9(11)7-10/h9H,2-7H2,1H3. The monoisotopic (exact) mass is 152 g/mol. The molecule has 2 heteroatoms. The van der Waals surface area contributed by atoms with Crippen molar-refractivity contribution in [2.24, 2.45) is 0 Å². The maximum Gasteiger partial charge on any atom is 0.0968 e. The minimum atomic E-state index is 0.779. The molecule has 2 aliphatic heterocycles. The first-order valence-electron chi connectivity index (χ1n) is 4.53. The summed E-state index contributed by atoms with van der Waals surface area (Å²) in [7, 11) is 0. The molecule has 0 radical (unpaired) electrons. The van der Waals surface area contributed by atoms with Crippen molar-refractivity contribution in [2.45, 2.75) is 25.8 Å². The van der Waals surface area contributed by atoms with Gasteiger partial charge in [0.2, 0.25) is 0 Å². The van der Waals surface area contributed by atoms with Crippen LogP contribution >= 0.6 is 0 Å². The summed E-state index contributed by atoms with van der Waals surface area (Å²) in [5, 5.41) is 0. The van der Waals surface area contributed by atoms with Crippen molar-refractivity contribution in [2.75, 3.05) is 19.6 Å². The molecule has 2 saturated heterocycles. The summed E-state index contributed by atoms with van der Waals surface area (Å²) in [4.78, 5) is 4.85. The van der Waals surface area contributed by atoms with Crippen LogP contribution in [0.5, 0.6) is 0 Å². The largest absolute Gasteiger partial charge is 0.357 e. The van der Waals surface area contributed by atoms with E-state index in [9.17, 15) is 0 Å². The van der Waals surface area contributed by atoms with Gasteiger partial charge in [-0.25, -0.2) is 0 Å². The molecule has 0 aromatic rings. The van der Waals surface area contributed by atoms with Crippen LogP contribution in [0.2, 0.25) is 0 Å². The zero-order valence-electron chi connectivity index (χ0n) is 7.21. The summed E-state index contributed by atoms with van der Waals surface area (Å²) < 4.78 is 0. The first kappa shape index (κ1) is 7.01. The molecule has 0 aliphatic carbocycles. The van der Waals surface area contributed by atoms with Gasteiger partial charge in [0, 0.05) is 25.7 Å². The van der Waals surface area contributed by atoms with Gasteiger partial charge < -0.3 is 9.80 Å². The minimum absolute atomic E-state index is 0.779. The minimum Gasteiger partial charge on any atom is -0.357 e. The third-order valence-electron chi connectivity index (χ3n) is 2.87. The van der Waals surface area contributed by atoms with E-state index >= 15 is 0 Å². The quantitative estimate of drug-likeness (QED) is 0.558. The maximum atomic E-state index is 4.10. The predicted octanol–water partition coefficient (Wildman–Crippen LogP) is 1.26. The number of fused-ring (bicyclic) bond motifs is 2. The second-order valence-corrected chi connectivity index (χ2v) is 3.44. The molecule has 2 aliphatic rings. The fraction of sp³-hybridized carbons (Fsp3) is 0.778. The summed E-state index contributed by atoms with van der Waals surface area (Å²) in [6.45, 7) is 9.90. The number of likely N-dealkylation sites (N-methyl/N-ethyl adjacent to an activating group) is 1. The Morgan fingerprint density at radius 3 is 3.09 bits per heavy atom. The topological polar surface area (TPSA) is 6.48 Å². The van der Waals surface area contributed by atoms with E-state index in [1.807, 2.05) is 0 Å². The third-order valence-corrected chi connectivity index (χ3v) is 2.87. The van der Waals surface area contributed by atoms with Gasteiger partial charge in [0.1, 0.15) is 0 Å². The van der Waals surface area contributed by atoms with Crippen LogP contribution in [-0.4, -0.2) is 35.5 Å². The van der Waals surface area contributed by atoms with E-state index < -0.39 is 0 Å². The number of hydrogen-bond donors (Lipinski definition) is 0. The molecule has 0 aromatic carbocycles. The van der Waals surface area contributed by atoms with E-state index in [1.54, 1.807) is 0 Å². The molecule has 0 spiro atoms. The lowest BCUT2D eigenvalue weighted by Gasteiger charge is -2.22. The molecule has 2 fully saturated rings. The van der Waals surface area contributed by atoms with Gasteiger partial charge in [-0.3, -0.25) is 0 Å². The Kier molecular flexibility index (Phi) is 1.55. The number of rotatable bonds is 1. The lowest BCUT2D eigenvalue weighted by Crippen LogP contribution is -2.31. The molecule has 0 aromatic heterocycles. The lowest BCUT2D eigenvalue weighted by atomic mass is 10.1. The maximum absolute atomic E-state index is 4.10. The van der Waals surface area contributed by atoms with Gasteiger partial charge in [0.05, 0.1) is 5.82 Å². The second-order valence-electron chi connectivity index (χ2n) is 3.44. The fourth-order valence-corrected chi connectivity index (χ4v) is 2.28. The molecule has 2 heterocycles. The van der Waals surface area contributed by atoms with Gasteiger partial charge in [-0.2, -0.15) is 0 Å². The van der Waals surface area contributed by atoms with Crippen LogP contribution in [0.4, 0.5) is 0 Å². The molecule has 62 valence electrons. The van der Waals surface area contributed by atoms with Crippen molar-refractivity contribution in [1.29, 1.82) is 0 Å². The summed E-state index contributed by atoms with van der Waals surface area (Å²) in [6.07, 6.45) is 2.71. The average molecular weight is 152 g/mol. The summed E-state index contributed by atoms with van der Waals surface area (Å²) >= 11 is 0. The number of nitrogens with zero attached hydrogens (tertiary/aromatic N) is 2. The third kappa shape index (κ3) is 0.924. The number of piperidine rings is 1. The molecule has 2 rings (SSSR count). The van der Waals surface area contributed by atoms with Gasteiger partial charge >= 0.3 is 0 Å². The van der Waals surface area contributed by atoms with E-state index in [-0.39, 0.29) is 0 Å². The Hall–Kier alpha value is -0.660. The SMILES string of the molecule is C=C1N2CCCC(C2)N1CC. The lowest BCUT2D eigenvalue weighted by molar-refractivity contribution is 0.290. The van der Waals surface area contributed by atoms with Crippen LogP contribution in [0.25, 0.3) is 0 Å². The molecule has 2 bridgehead atoms. The van der Waals surface area contributed by atoms with Crippen LogP contribution in [-0.2, 0) is 0 Å². The average Bonchev–Trinajstić information content (AvgIpc) is 2.25. The Morgan fingerprint density at radius 1 is 1.64 bits per heavy atom. The molecular formula is C9H16N2. The molecule has 11 heavy (non-hydrogen) atoms.